The highest BCUT2D eigenvalue weighted by molar-refractivity contribution is 9.10. The monoisotopic (exact) mass is 357 g/mol. The highest BCUT2D eigenvalue weighted by atomic mass is 79.9. The predicted octanol–water partition coefficient (Wildman–Crippen LogP) is 3.55. The van der Waals surface area contributed by atoms with Crippen molar-refractivity contribution < 1.29 is 5.11 Å². The molecule has 1 unspecified atom stereocenters. The molecule has 0 aromatic carbocycles. The molecule has 1 atom stereocenters. The van der Waals surface area contributed by atoms with Gasteiger partial charge in [-0.05, 0) is 41.4 Å². The van der Waals surface area contributed by atoms with E-state index in [9.17, 15) is 5.11 Å². The molecule has 2 rings (SSSR count). The van der Waals surface area contributed by atoms with Gasteiger partial charge in [0.25, 0.3) is 0 Å². The van der Waals surface area contributed by atoms with E-state index in [1.54, 1.807) is 18.3 Å². The third-order valence-corrected chi connectivity index (χ3v) is 4.31. The van der Waals surface area contributed by atoms with E-state index in [2.05, 4.69) is 32.9 Å². The Kier molecular flexibility index (Phi) is 5.18. The van der Waals surface area contributed by atoms with Crippen molar-refractivity contribution in [3.63, 3.8) is 0 Å². The maximum atomic E-state index is 10.3. The number of aromatic nitrogens is 3. The van der Waals surface area contributed by atoms with Gasteiger partial charge in [-0.25, -0.2) is 0 Å². The molecular formula is C14H17BrClN3O. The molecule has 0 radical (unpaired) electrons. The van der Waals surface area contributed by atoms with E-state index in [0.29, 0.717) is 17.1 Å². The van der Waals surface area contributed by atoms with Crippen LogP contribution in [-0.4, -0.2) is 19.9 Å². The maximum absolute atomic E-state index is 10.3. The van der Waals surface area contributed by atoms with Crippen molar-refractivity contribution in [1.29, 1.82) is 0 Å². The van der Waals surface area contributed by atoms with Gasteiger partial charge >= 0.3 is 0 Å². The van der Waals surface area contributed by atoms with Crippen LogP contribution in [0.25, 0.3) is 0 Å². The lowest BCUT2D eigenvalue weighted by Crippen LogP contribution is -2.10. The molecule has 0 aliphatic rings. The highest BCUT2D eigenvalue weighted by Crippen LogP contribution is 2.27. The standard InChI is InChI=1S/C14H17BrClN3O/c1-3-10-14(15)12(19(4-2)18-10)7-13(20)11-6-5-9(16)8-17-11/h5-6,8,13,20H,3-4,7H2,1-2H3. The van der Waals surface area contributed by atoms with E-state index in [-0.39, 0.29) is 0 Å². The molecule has 2 aromatic rings. The molecule has 0 saturated heterocycles. The number of pyridine rings is 1. The molecular weight excluding hydrogens is 342 g/mol. The molecule has 0 bridgehead atoms. The van der Waals surface area contributed by atoms with Gasteiger partial charge < -0.3 is 5.11 Å². The Morgan fingerprint density at radius 1 is 1.40 bits per heavy atom. The summed E-state index contributed by atoms with van der Waals surface area (Å²) in [6.07, 6.45) is 2.20. The summed E-state index contributed by atoms with van der Waals surface area (Å²) >= 11 is 9.39. The topological polar surface area (TPSA) is 50.9 Å². The average Bonchev–Trinajstić information content (AvgIpc) is 2.76. The first-order valence-corrected chi connectivity index (χ1v) is 7.77. The summed E-state index contributed by atoms with van der Waals surface area (Å²) in [5.41, 5.74) is 2.62. The summed E-state index contributed by atoms with van der Waals surface area (Å²) < 4.78 is 2.90. The molecule has 1 N–H and O–H groups in total. The van der Waals surface area contributed by atoms with Crippen molar-refractivity contribution in [2.45, 2.75) is 39.3 Å². The van der Waals surface area contributed by atoms with Gasteiger partial charge in [-0.1, -0.05) is 18.5 Å². The lowest BCUT2D eigenvalue weighted by Gasteiger charge is -2.12. The zero-order valence-electron chi connectivity index (χ0n) is 11.5. The zero-order chi connectivity index (χ0) is 14.7. The van der Waals surface area contributed by atoms with Gasteiger partial charge in [-0.3, -0.25) is 9.67 Å². The normalized spacial score (nSPS) is 12.7. The van der Waals surface area contributed by atoms with Crippen LogP contribution in [0.1, 0.15) is 37.0 Å². The third-order valence-electron chi connectivity index (χ3n) is 3.17. The Morgan fingerprint density at radius 2 is 2.15 bits per heavy atom. The van der Waals surface area contributed by atoms with Gasteiger partial charge in [-0.15, -0.1) is 0 Å². The zero-order valence-corrected chi connectivity index (χ0v) is 13.8. The number of aliphatic hydroxyl groups is 1. The van der Waals surface area contributed by atoms with Crippen LogP contribution in [0.5, 0.6) is 0 Å². The van der Waals surface area contributed by atoms with Crippen LogP contribution in [0.3, 0.4) is 0 Å². The second-order valence-corrected chi connectivity index (χ2v) is 5.73. The number of nitrogens with zero attached hydrogens (tertiary/aromatic N) is 3. The smallest absolute Gasteiger partial charge is 0.101 e. The summed E-state index contributed by atoms with van der Waals surface area (Å²) in [6, 6.07) is 3.48. The summed E-state index contributed by atoms with van der Waals surface area (Å²) in [5, 5.41) is 15.4. The molecule has 0 aliphatic carbocycles. The first kappa shape index (κ1) is 15.5. The number of aliphatic hydroxyl groups excluding tert-OH is 1. The molecule has 0 saturated carbocycles. The lowest BCUT2D eigenvalue weighted by molar-refractivity contribution is 0.170. The molecule has 20 heavy (non-hydrogen) atoms. The van der Waals surface area contributed by atoms with Crippen LogP contribution in [0, 0.1) is 0 Å². The summed E-state index contributed by atoms with van der Waals surface area (Å²) in [7, 11) is 0. The molecule has 6 heteroatoms. The quantitative estimate of drug-likeness (QED) is 0.889. The van der Waals surface area contributed by atoms with Crippen LogP contribution < -0.4 is 0 Å². The van der Waals surface area contributed by atoms with E-state index >= 15 is 0 Å². The maximum Gasteiger partial charge on any atom is 0.101 e. The van der Waals surface area contributed by atoms with Gasteiger partial charge in [-0.2, -0.15) is 5.10 Å². The number of halogens is 2. The molecule has 4 nitrogen and oxygen atoms in total. The van der Waals surface area contributed by atoms with Gasteiger partial charge in [0.2, 0.25) is 0 Å². The van der Waals surface area contributed by atoms with Crippen LogP contribution in [0.15, 0.2) is 22.8 Å². The predicted molar refractivity (Wildman–Crippen MR) is 82.9 cm³/mol. The Labute approximate surface area is 131 Å². The second kappa shape index (κ2) is 6.70. The molecule has 0 amide bonds. The fraction of sp³-hybridized carbons (Fsp3) is 0.429. The van der Waals surface area contributed by atoms with Gasteiger partial charge in [0.1, 0.15) is 6.10 Å². The highest BCUT2D eigenvalue weighted by Gasteiger charge is 2.18. The Hall–Kier alpha value is -0.910. The van der Waals surface area contributed by atoms with Crippen LogP contribution in [-0.2, 0) is 19.4 Å². The lowest BCUT2D eigenvalue weighted by atomic mass is 10.1. The Morgan fingerprint density at radius 3 is 2.70 bits per heavy atom. The summed E-state index contributed by atoms with van der Waals surface area (Å²) in [6.45, 7) is 4.87. The van der Waals surface area contributed by atoms with E-state index in [1.807, 2.05) is 11.6 Å². The molecule has 0 fully saturated rings. The van der Waals surface area contributed by atoms with Crippen LogP contribution >= 0.6 is 27.5 Å². The van der Waals surface area contributed by atoms with Gasteiger partial charge in [0, 0.05) is 19.2 Å². The summed E-state index contributed by atoms with van der Waals surface area (Å²) in [5.74, 6) is 0. The number of rotatable bonds is 5. The fourth-order valence-electron chi connectivity index (χ4n) is 2.08. The molecule has 0 spiro atoms. The molecule has 2 aromatic heterocycles. The van der Waals surface area contributed by atoms with Crippen molar-refractivity contribution in [3.8, 4) is 0 Å². The first-order valence-electron chi connectivity index (χ1n) is 6.60. The van der Waals surface area contributed by atoms with Crippen molar-refractivity contribution in [3.05, 3.63) is 44.9 Å². The second-order valence-electron chi connectivity index (χ2n) is 4.50. The van der Waals surface area contributed by atoms with Gasteiger partial charge in [0.15, 0.2) is 0 Å². The van der Waals surface area contributed by atoms with E-state index in [1.165, 1.54) is 0 Å². The minimum atomic E-state index is -0.671. The van der Waals surface area contributed by atoms with E-state index in [4.69, 9.17) is 11.6 Å². The Balaban J connectivity index is 2.25. The SMILES string of the molecule is CCc1nn(CC)c(CC(O)c2ccc(Cl)cn2)c1Br. The summed E-state index contributed by atoms with van der Waals surface area (Å²) in [4.78, 5) is 4.16. The van der Waals surface area contributed by atoms with Gasteiger partial charge in [0.05, 0.1) is 26.6 Å². The van der Waals surface area contributed by atoms with Crippen molar-refractivity contribution in [2.24, 2.45) is 0 Å². The number of hydrogen-bond acceptors (Lipinski definition) is 3. The van der Waals surface area contributed by atoms with E-state index < -0.39 is 6.10 Å². The average molecular weight is 359 g/mol. The molecule has 2 heterocycles. The largest absolute Gasteiger partial charge is 0.386 e. The fourth-order valence-corrected chi connectivity index (χ4v) is 2.92. The van der Waals surface area contributed by atoms with Crippen molar-refractivity contribution >= 4 is 27.5 Å². The molecule has 108 valence electrons. The van der Waals surface area contributed by atoms with Crippen LogP contribution in [0.4, 0.5) is 0 Å². The number of hydrogen-bond donors (Lipinski definition) is 1. The van der Waals surface area contributed by atoms with Crippen molar-refractivity contribution in [2.75, 3.05) is 0 Å². The molecule has 0 aliphatic heterocycles. The number of aryl methyl sites for hydroxylation is 2. The van der Waals surface area contributed by atoms with Crippen molar-refractivity contribution in [1.82, 2.24) is 14.8 Å². The third kappa shape index (κ3) is 3.22. The first-order chi connectivity index (χ1) is 9.56. The minimum absolute atomic E-state index is 0.468. The Bertz CT molecular complexity index is 583. The minimum Gasteiger partial charge on any atom is -0.386 e. The van der Waals surface area contributed by atoms with E-state index in [0.717, 1.165) is 28.8 Å². The van der Waals surface area contributed by atoms with Crippen LogP contribution in [0.2, 0.25) is 5.02 Å².